The molecule has 1 aliphatic heterocycles. The van der Waals surface area contributed by atoms with Crippen LogP contribution < -0.4 is 5.32 Å². The predicted molar refractivity (Wildman–Crippen MR) is 63.7 cm³/mol. The maximum atomic E-state index is 12.2. The van der Waals surface area contributed by atoms with Gasteiger partial charge in [0, 0.05) is 19.1 Å². The van der Waals surface area contributed by atoms with Gasteiger partial charge in [0.1, 0.15) is 5.82 Å². The summed E-state index contributed by atoms with van der Waals surface area (Å²) in [5, 5.41) is 9.96. The lowest BCUT2D eigenvalue weighted by atomic mass is 10.1. The number of aromatic nitrogens is 3. The lowest BCUT2D eigenvalue weighted by Gasteiger charge is -2.33. The highest BCUT2D eigenvalue weighted by molar-refractivity contribution is 5.90. The predicted octanol–water partition coefficient (Wildman–Crippen LogP) is 0.327. The molecule has 1 fully saturated rings. The molecule has 1 aromatic rings. The van der Waals surface area contributed by atoms with Crippen LogP contribution in [0.5, 0.6) is 0 Å². The first-order valence-electron chi connectivity index (χ1n) is 6.13. The Labute approximate surface area is 101 Å². The fourth-order valence-corrected chi connectivity index (χ4v) is 2.23. The fourth-order valence-electron chi connectivity index (χ4n) is 2.23. The lowest BCUT2D eigenvalue weighted by Crippen LogP contribution is -2.48. The van der Waals surface area contributed by atoms with Crippen LogP contribution in [0.15, 0.2) is 0 Å². The van der Waals surface area contributed by atoms with Gasteiger partial charge in [0.15, 0.2) is 0 Å². The second kappa shape index (κ2) is 5.27. The van der Waals surface area contributed by atoms with E-state index in [-0.39, 0.29) is 17.8 Å². The summed E-state index contributed by atoms with van der Waals surface area (Å²) < 4.78 is 0. The fraction of sp³-hybridized carbons (Fsp3) is 0.727. The van der Waals surface area contributed by atoms with Crippen molar-refractivity contribution in [1.82, 2.24) is 25.4 Å². The van der Waals surface area contributed by atoms with Crippen molar-refractivity contribution in [1.29, 1.82) is 0 Å². The highest BCUT2D eigenvalue weighted by Crippen LogP contribution is 2.12. The number of carbonyl (C=O) groups is 1. The number of nitrogens with zero attached hydrogens (tertiary/aromatic N) is 3. The largest absolute Gasteiger partial charge is 0.332 e. The molecular formula is C11H19N5O. The minimum absolute atomic E-state index is 0.0782. The van der Waals surface area contributed by atoms with Crippen molar-refractivity contribution in [3.05, 3.63) is 11.6 Å². The quantitative estimate of drug-likeness (QED) is 0.794. The Morgan fingerprint density at radius 2 is 2.41 bits per heavy atom. The highest BCUT2D eigenvalue weighted by Gasteiger charge is 2.26. The van der Waals surface area contributed by atoms with E-state index < -0.39 is 0 Å². The number of hydrogen-bond acceptors (Lipinski definition) is 4. The average Bonchev–Trinajstić information content (AvgIpc) is 2.78. The Balaban J connectivity index is 2.09. The monoisotopic (exact) mass is 237 g/mol. The minimum Gasteiger partial charge on any atom is -0.332 e. The van der Waals surface area contributed by atoms with Gasteiger partial charge in [0.2, 0.25) is 5.82 Å². The molecule has 6 heteroatoms. The first-order valence-corrected chi connectivity index (χ1v) is 6.13. The van der Waals surface area contributed by atoms with Crippen LogP contribution in [0.25, 0.3) is 0 Å². The van der Waals surface area contributed by atoms with E-state index in [1.807, 2.05) is 11.8 Å². The number of aromatic amines is 1. The minimum atomic E-state index is -0.0782. The number of likely N-dealkylation sites (N-methyl/N-ethyl adjacent to an activating group) is 1. The van der Waals surface area contributed by atoms with Crippen LogP contribution >= 0.6 is 0 Å². The van der Waals surface area contributed by atoms with Crippen molar-refractivity contribution in [3.63, 3.8) is 0 Å². The first kappa shape index (κ1) is 12.0. The van der Waals surface area contributed by atoms with Gasteiger partial charge in [-0.1, -0.05) is 0 Å². The van der Waals surface area contributed by atoms with Gasteiger partial charge in [0.25, 0.3) is 5.91 Å². The van der Waals surface area contributed by atoms with Crippen molar-refractivity contribution >= 4 is 5.91 Å². The Kier molecular flexibility index (Phi) is 3.73. The second-order valence-corrected chi connectivity index (χ2v) is 4.34. The summed E-state index contributed by atoms with van der Waals surface area (Å²) in [5.74, 6) is 0.867. The maximum absolute atomic E-state index is 12.2. The number of rotatable bonds is 3. The summed E-state index contributed by atoms with van der Waals surface area (Å²) in [6.45, 7) is 6.39. The number of amides is 1. The summed E-state index contributed by atoms with van der Waals surface area (Å²) in [4.78, 5) is 18.2. The van der Waals surface area contributed by atoms with Crippen molar-refractivity contribution < 1.29 is 4.79 Å². The lowest BCUT2D eigenvalue weighted by molar-refractivity contribution is 0.0650. The van der Waals surface area contributed by atoms with Gasteiger partial charge >= 0.3 is 0 Å². The third-order valence-corrected chi connectivity index (χ3v) is 3.10. The number of piperidine rings is 1. The molecule has 0 aliphatic carbocycles. The summed E-state index contributed by atoms with van der Waals surface area (Å²) in [6.07, 6.45) is 2.16. The molecule has 2 rings (SSSR count). The number of carbonyl (C=O) groups excluding carboxylic acids is 1. The van der Waals surface area contributed by atoms with E-state index >= 15 is 0 Å². The summed E-state index contributed by atoms with van der Waals surface area (Å²) in [6, 6.07) is 0.264. The van der Waals surface area contributed by atoms with Crippen LogP contribution in [0.3, 0.4) is 0 Å². The molecule has 94 valence electrons. The van der Waals surface area contributed by atoms with Gasteiger partial charge in [-0.2, -0.15) is 0 Å². The molecule has 1 atom stereocenters. The zero-order chi connectivity index (χ0) is 12.3. The molecular weight excluding hydrogens is 218 g/mol. The molecule has 2 N–H and O–H groups in total. The van der Waals surface area contributed by atoms with Gasteiger partial charge in [-0.15, -0.1) is 5.10 Å². The molecule has 0 bridgehead atoms. The Morgan fingerprint density at radius 1 is 1.59 bits per heavy atom. The third-order valence-electron chi connectivity index (χ3n) is 3.10. The molecule has 17 heavy (non-hydrogen) atoms. The molecule has 0 radical (unpaired) electrons. The number of H-pyrrole nitrogens is 1. The molecule has 1 aliphatic rings. The molecule has 2 heterocycles. The topological polar surface area (TPSA) is 73.9 Å². The molecule has 6 nitrogen and oxygen atoms in total. The van der Waals surface area contributed by atoms with Gasteiger partial charge in [-0.25, -0.2) is 4.98 Å². The standard InChI is InChI=1S/C11H19N5O/c1-3-16(9-5-4-6-12-7-9)11(17)10-13-8(2)14-15-10/h9,12H,3-7H2,1-2H3,(H,13,14,15). The van der Waals surface area contributed by atoms with E-state index in [1.165, 1.54) is 0 Å². The summed E-state index contributed by atoms with van der Waals surface area (Å²) in [5.41, 5.74) is 0. The van der Waals surface area contributed by atoms with Crippen molar-refractivity contribution in [2.75, 3.05) is 19.6 Å². The van der Waals surface area contributed by atoms with Gasteiger partial charge in [-0.05, 0) is 33.2 Å². The zero-order valence-corrected chi connectivity index (χ0v) is 10.4. The zero-order valence-electron chi connectivity index (χ0n) is 10.4. The number of nitrogens with one attached hydrogen (secondary N) is 2. The Morgan fingerprint density at radius 3 is 2.94 bits per heavy atom. The smallest absolute Gasteiger partial charge is 0.293 e. The van der Waals surface area contributed by atoms with Crippen LogP contribution in [0.4, 0.5) is 0 Å². The first-order chi connectivity index (χ1) is 8.22. The van der Waals surface area contributed by atoms with Crippen molar-refractivity contribution in [2.45, 2.75) is 32.7 Å². The van der Waals surface area contributed by atoms with Gasteiger partial charge in [-0.3, -0.25) is 9.89 Å². The van der Waals surface area contributed by atoms with E-state index in [1.54, 1.807) is 6.92 Å². The van der Waals surface area contributed by atoms with Crippen LogP contribution in [-0.2, 0) is 0 Å². The molecule has 0 aromatic carbocycles. The maximum Gasteiger partial charge on any atom is 0.293 e. The molecule has 1 saturated heterocycles. The van der Waals surface area contributed by atoms with E-state index in [0.717, 1.165) is 25.9 Å². The van der Waals surface area contributed by atoms with Crippen LogP contribution in [0.1, 0.15) is 36.2 Å². The highest BCUT2D eigenvalue weighted by atomic mass is 16.2. The second-order valence-electron chi connectivity index (χ2n) is 4.34. The van der Waals surface area contributed by atoms with Crippen molar-refractivity contribution in [3.8, 4) is 0 Å². The summed E-state index contributed by atoms with van der Waals surface area (Å²) in [7, 11) is 0. The van der Waals surface area contributed by atoms with Crippen LogP contribution in [0, 0.1) is 6.92 Å². The van der Waals surface area contributed by atoms with E-state index in [4.69, 9.17) is 0 Å². The molecule has 1 amide bonds. The van der Waals surface area contributed by atoms with E-state index in [9.17, 15) is 4.79 Å². The summed E-state index contributed by atoms with van der Waals surface area (Å²) >= 11 is 0. The van der Waals surface area contributed by atoms with Crippen LogP contribution in [-0.4, -0.2) is 51.7 Å². The molecule has 1 unspecified atom stereocenters. The number of aryl methyl sites for hydroxylation is 1. The third kappa shape index (κ3) is 2.63. The Hall–Kier alpha value is -1.43. The van der Waals surface area contributed by atoms with Crippen molar-refractivity contribution in [2.24, 2.45) is 0 Å². The van der Waals surface area contributed by atoms with E-state index in [0.29, 0.717) is 12.4 Å². The number of hydrogen-bond donors (Lipinski definition) is 2. The Bertz CT molecular complexity index is 383. The SMILES string of the molecule is CCN(C(=O)c1n[nH]c(C)n1)C1CCCNC1. The normalized spacial score (nSPS) is 20.2. The molecule has 0 saturated carbocycles. The van der Waals surface area contributed by atoms with Crippen LogP contribution in [0.2, 0.25) is 0 Å². The average molecular weight is 237 g/mol. The van der Waals surface area contributed by atoms with Gasteiger partial charge in [0.05, 0.1) is 0 Å². The van der Waals surface area contributed by atoms with E-state index in [2.05, 4.69) is 20.5 Å². The molecule has 0 spiro atoms. The van der Waals surface area contributed by atoms with Gasteiger partial charge < -0.3 is 10.2 Å². The molecule has 1 aromatic heterocycles.